The van der Waals surface area contributed by atoms with E-state index in [0.29, 0.717) is 0 Å². The van der Waals surface area contributed by atoms with E-state index in [-0.39, 0.29) is 0 Å². The van der Waals surface area contributed by atoms with Gasteiger partial charge in [-0.15, -0.1) is 0 Å². The Morgan fingerprint density at radius 3 is 1.47 bits per heavy atom. The number of hydrogen-bond donors (Lipinski definition) is 2. The fourth-order valence-electron chi connectivity index (χ4n) is 3.24. The third kappa shape index (κ3) is 4.57. The molecule has 6 heterocycles. The van der Waals surface area contributed by atoms with E-state index in [1.807, 2.05) is 42.5 Å². The van der Waals surface area contributed by atoms with E-state index < -0.39 is 0 Å². The van der Waals surface area contributed by atoms with Gasteiger partial charge >= 0.3 is 50.9 Å². The van der Waals surface area contributed by atoms with Crippen LogP contribution >= 0.6 is 11.3 Å². The molecule has 0 spiro atoms. The van der Waals surface area contributed by atoms with Gasteiger partial charge in [0.2, 0.25) is 0 Å². The summed E-state index contributed by atoms with van der Waals surface area (Å²) in [5.74, 6) is 0. The van der Waals surface area contributed by atoms with E-state index in [1.165, 1.54) is 3.43 Å². The number of nitrogens with one attached hydrogen (secondary N) is 2. The summed E-state index contributed by atoms with van der Waals surface area (Å²) in [6.45, 7) is 0. The van der Waals surface area contributed by atoms with Gasteiger partial charge in [0, 0.05) is 22.1 Å². The molecule has 4 nitrogen and oxygen atoms in total. The predicted molar refractivity (Wildman–Crippen MR) is 129 cm³/mol. The van der Waals surface area contributed by atoms with Crippen LogP contribution in [0.3, 0.4) is 0 Å². The van der Waals surface area contributed by atoms with Crippen LogP contribution in [0.1, 0.15) is 22.8 Å². The Kier molecular flexibility index (Phi) is 5.27. The van der Waals surface area contributed by atoms with Crippen molar-refractivity contribution < 1.29 is 0 Å². The van der Waals surface area contributed by atoms with Crippen molar-refractivity contribution in [2.45, 2.75) is 0 Å². The SMILES string of the molecule is C1=Cc2cc3ccc(cc4ccc(cc5nc(cc1n2)C=C5)[nH]4)[nH]3.[Ga][c]1cccs1. The Labute approximate surface area is 188 Å². The van der Waals surface area contributed by atoms with Crippen molar-refractivity contribution in [1.82, 2.24) is 19.9 Å². The number of thiophene rings is 1. The van der Waals surface area contributed by atoms with E-state index in [2.05, 4.69) is 67.8 Å². The third-order valence-corrected chi connectivity index (χ3v) is 6.55. The summed E-state index contributed by atoms with van der Waals surface area (Å²) >= 11 is 3.51. The van der Waals surface area contributed by atoms with Crippen LogP contribution in [0.5, 0.6) is 0 Å². The van der Waals surface area contributed by atoms with Gasteiger partial charge in [0.1, 0.15) is 0 Å². The molecule has 30 heavy (non-hydrogen) atoms. The van der Waals surface area contributed by atoms with Crippen molar-refractivity contribution in [2.24, 2.45) is 0 Å². The van der Waals surface area contributed by atoms with E-state index >= 15 is 0 Å². The minimum atomic E-state index is 0.915. The normalized spacial score (nSPS) is 11.9. The van der Waals surface area contributed by atoms with Crippen molar-refractivity contribution in [1.29, 1.82) is 0 Å². The van der Waals surface area contributed by atoms with E-state index in [0.717, 1.165) is 44.8 Å². The molecule has 0 saturated carbocycles. The second-order valence-electron chi connectivity index (χ2n) is 6.92. The number of nitrogens with zero attached hydrogens (tertiary/aromatic N) is 2. The van der Waals surface area contributed by atoms with Gasteiger partial charge in [-0.25, -0.2) is 9.97 Å². The molecule has 0 aromatic carbocycles. The van der Waals surface area contributed by atoms with Gasteiger partial charge in [-0.1, -0.05) is 0 Å². The molecule has 8 bridgehead atoms. The quantitative estimate of drug-likeness (QED) is 0.305. The molecule has 6 heteroatoms. The molecule has 2 aliphatic rings. The molecule has 142 valence electrons. The summed E-state index contributed by atoms with van der Waals surface area (Å²) in [7, 11) is 0. The molecule has 4 aromatic rings. The first-order valence-corrected chi connectivity index (χ1v) is 11.6. The number of H-pyrrole nitrogens is 2. The van der Waals surface area contributed by atoms with Crippen LogP contribution in [0.15, 0.2) is 66.0 Å². The molecule has 0 unspecified atom stereocenters. The number of aromatic amines is 2. The molecule has 0 saturated heterocycles. The summed E-state index contributed by atoms with van der Waals surface area (Å²) in [4.78, 5) is 16.0. The molecule has 0 fully saturated rings. The van der Waals surface area contributed by atoms with E-state index in [1.54, 1.807) is 29.9 Å². The van der Waals surface area contributed by atoms with Crippen LogP contribution in [0.4, 0.5) is 0 Å². The minimum absolute atomic E-state index is 0.915. The zero-order valence-electron chi connectivity index (χ0n) is 16.0. The van der Waals surface area contributed by atoms with Gasteiger partial charge < -0.3 is 9.97 Å². The molecule has 2 N–H and O–H groups in total. The summed E-state index contributed by atoms with van der Waals surface area (Å²) in [6, 6.07) is 20.6. The molecule has 2 aliphatic heterocycles. The average molecular weight is 463 g/mol. The predicted octanol–water partition coefficient (Wildman–Crippen LogP) is 5.20. The van der Waals surface area contributed by atoms with Gasteiger partial charge in [-0.05, 0) is 72.8 Å². The molecule has 0 atom stereocenters. The Bertz CT molecular complexity index is 1320. The first-order chi connectivity index (χ1) is 14.7. The van der Waals surface area contributed by atoms with Crippen LogP contribution in [0.2, 0.25) is 0 Å². The molecular weight excluding hydrogens is 446 g/mol. The molecule has 2 radical (unpaired) electrons. The van der Waals surface area contributed by atoms with Crippen LogP contribution < -0.4 is 3.43 Å². The summed E-state index contributed by atoms with van der Waals surface area (Å²) in [6.07, 6.45) is 8.05. The van der Waals surface area contributed by atoms with Crippen molar-refractivity contribution in [3.8, 4) is 0 Å². The maximum absolute atomic E-state index is 4.62. The van der Waals surface area contributed by atoms with Gasteiger partial charge in [-0.2, -0.15) is 0 Å². The monoisotopic (exact) mass is 462 g/mol. The Hall–Kier alpha value is -3.06. The zero-order chi connectivity index (χ0) is 20.3. The maximum atomic E-state index is 4.62. The molecule has 0 amide bonds. The standard InChI is InChI=1S/C20H14N4.C4H3S.Ga/c1-2-14-10-16-5-6-18(23-16)12-20-8-7-19(24-20)11-17-4-3-15(22-17)9-13(1)21-14;1-2-4-5-3-1;/h1-12,21-22H;1-3H;. The van der Waals surface area contributed by atoms with Gasteiger partial charge in [0.05, 0.1) is 22.8 Å². The van der Waals surface area contributed by atoms with Crippen LogP contribution in [0.25, 0.3) is 46.4 Å². The number of hydrogen-bond acceptors (Lipinski definition) is 3. The first-order valence-electron chi connectivity index (χ1n) is 9.53. The molecule has 0 aliphatic carbocycles. The first kappa shape index (κ1) is 18.9. The molecule has 4 aromatic heterocycles. The van der Waals surface area contributed by atoms with Crippen LogP contribution in [-0.4, -0.2) is 38.5 Å². The van der Waals surface area contributed by atoms with Gasteiger partial charge in [-0.3, -0.25) is 0 Å². The fourth-order valence-corrected chi connectivity index (χ4v) is 4.43. The van der Waals surface area contributed by atoms with Crippen LogP contribution in [0, 0.1) is 0 Å². The fraction of sp³-hybridized carbons (Fsp3) is 0. The van der Waals surface area contributed by atoms with E-state index in [9.17, 15) is 0 Å². The van der Waals surface area contributed by atoms with Crippen molar-refractivity contribution in [3.63, 3.8) is 0 Å². The Morgan fingerprint density at radius 2 is 1.07 bits per heavy atom. The molecular formula is C24H17GaN4S. The average Bonchev–Trinajstić information content (AvgIpc) is 3.52. The number of rotatable bonds is 0. The van der Waals surface area contributed by atoms with Crippen molar-refractivity contribution in [2.75, 3.05) is 0 Å². The van der Waals surface area contributed by atoms with Gasteiger partial charge in [0.15, 0.2) is 0 Å². The van der Waals surface area contributed by atoms with Gasteiger partial charge in [0.25, 0.3) is 0 Å². The van der Waals surface area contributed by atoms with Crippen molar-refractivity contribution in [3.05, 3.63) is 88.8 Å². The second-order valence-corrected chi connectivity index (χ2v) is 10.1. The third-order valence-electron chi connectivity index (χ3n) is 4.59. The molecule has 6 rings (SSSR count). The second kappa shape index (κ2) is 8.35. The summed E-state index contributed by atoms with van der Waals surface area (Å²) < 4.78 is 1.45. The van der Waals surface area contributed by atoms with Crippen LogP contribution in [-0.2, 0) is 0 Å². The topological polar surface area (TPSA) is 57.4 Å². The summed E-state index contributed by atoms with van der Waals surface area (Å²) in [5, 5.41) is 2.09. The Morgan fingerprint density at radius 1 is 0.600 bits per heavy atom. The zero-order valence-corrected chi connectivity index (χ0v) is 19.3. The van der Waals surface area contributed by atoms with Crippen molar-refractivity contribution >= 4 is 79.7 Å². The van der Waals surface area contributed by atoms with E-state index in [4.69, 9.17) is 0 Å². The number of fused-ring (bicyclic) bond motifs is 8. The number of aromatic nitrogens is 4. The Balaban J connectivity index is 0.000000279. The summed E-state index contributed by atoms with van der Waals surface area (Å²) in [5.41, 5.74) is 7.86.